The highest BCUT2D eigenvalue weighted by molar-refractivity contribution is 14.1. The third-order valence-corrected chi connectivity index (χ3v) is 4.31. The van der Waals surface area contributed by atoms with Gasteiger partial charge in [0, 0.05) is 3.57 Å². The van der Waals surface area contributed by atoms with Gasteiger partial charge in [0.1, 0.15) is 0 Å². The van der Waals surface area contributed by atoms with E-state index in [0.29, 0.717) is 18.5 Å². The van der Waals surface area contributed by atoms with Gasteiger partial charge in [-0.25, -0.2) is 0 Å². The molecule has 2 amide bonds. The number of carbonyl (C=O) groups is 2. The van der Waals surface area contributed by atoms with Crippen molar-refractivity contribution in [3.8, 4) is 0 Å². The van der Waals surface area contributed by atoms with Crippen molar-refractivity contribution in [1.82, 2.24) is 0 Å². The van der Waals surface area contributed by atoms with Gasteiger partial charge in [0.25, 0.3) is 0 Å². The Labute approximate surface area is 119 Å². The number of amides is 2. The first-order chi connectivity index (χ1) is 8.68. The second kappa shape index (κ2) is 4.50. The molecule has 0 bridgehead atoms. The van der Waals surface area contributed by atoms with Crippen LogP contribution < -0.4 is 4.90 Å². The van der Waals surface area contributed by atoms with Crippen molar-refractivity contribution >= 4 is 40.1 Å². The first-order valence-corrected chi connectivity index (χ1v) is 7.05. The molecule has 0 N–H and O–H groups in total. The van der Waals surface area contributed by atoms with E-state index in [1.807, 2.05) is 36.4 Å². The molecule has 0 radical (unpaired) electrons. The second-order valence-corrected chi connectivity index (χ2v) is 5.89. The first-order valence-electron chi connectivity index (χ1n) is 5.97. The average molecular weight is 353 g/mol. The third-order valence-electron chi connectivity index (χ3n) is 3.59. The molecule has 2 atom stereocenters. The molecule has 1 heterocycles. The molecule has 0 saturated carbocycles. The van der Waals surface area contributed by atoms with Crippen LogP contribution in [0.3, 0.4) is 0 Å². The van der Waals surface area contributed by atoms with Crippen LogP contribution in [-0.4, -0.2) is 11.8 Å². The van der Waals surface area contributed by atoms with Crippen LogP contribution in [0, 0.1) is 15.4 Å². The number of carbonyl (C=O) groups excluding carboxylic acids is 2. The molecule has 1 aromatic carbocycles. The number of anilines is 1. The van der Waals surface area contributed by atoms with Crippen molar-refractivity contribution in [2.24, 2.45) is 11.8 Å². The molecular weight excluding hydrogens is 341 g/mol. The fourth-order valence-corrected chi connectivity index (χ4v) is 3.00. The standard InChI is InChI=1S/C14H12INO2/c15-9-5-7-10(8-6-9)16-13(17)11-3-1-2-4-12(11)14(16)18/h1-2,5-8,11-12H,3-4H2/t11-,12+. The van der Waals surface area contributed by atoms with Crippen LogP contribution >= 0.6 is 22.6 Å². The van der Waals surface area contributed by atoms with E-state index in [1.165, 1.54) is 4.90 Å². The van der Waals surface area contributed by atoms with Crippen LogP contribution in [-0.2, 0) is 9.59 Å². The van der Waals surface area contributed by atoms with Crippen LogP contribution in [0.15, 0.2) is 36.4 Å². The van der Waals surface area contributed by atoms with E-state index in [2.05, 4.69) is 22.6 Å². The molecule has 3 rings (SSSR count). The Bertz CT molecular complexity index is 509. The minimum Gasteiger partial charge on any atom is -0.274 e. The summed E-state index contributed by atoms with van der Waals surface area (Å²) in [6.45, 7) is 0. The lowest BCUT2D eigenvalue weighted by Gasteiger charge is -2.14. The van der Waals surface area contributed by atoms with Gasteiger partial charge in [-0.05, 0) is 59.7 Å². The highest BCUT2D eigenvalue weighted by atomic mass is 127. The van der Waals surface area contributed by atoms with Gasteiger partial charge in [-0.3, -0.25) is 14.5 Å². The van der Waals surface area contributed by atoms with Gasteiger partial charge in [-0.15, -0.1) is 0 Å². The molecule has 1 fully saturated rings. The van der Waals surface area contributed by atoms with E-state index >= 15 is 0 Å². The third kappa shape index (κ3) is 1.79. The van der Waals surface area contributed by atoms with E-state index < -0.39 is 0 Å². The molecule has 0 spiro atoms. The summed E-state index contributed by atoms with van der Waals surface area (Å²) in [5.74, 6) is -0.394. The predicted molar refractivity (Wildman–Crippen MR) is 77.0 cm³/mol. The SMILES string of the molecule is O=C1[C@H]2CC=CC[C@H]2C(=O)N1c1ccc(I)cc1. The Morgan fingerprint density at radius 1 is 0.944 bits per heavy atom. The van der Waals surface area contributed by atoms with Crippen molar-refractivity contribution in [1.29, 1.82) is 0 Å². The van der Waals surface area contributed by atoms with Gasteiger partial charge in [0.2, 0.25) is 11.8 Å². The minimum absolute atomic E-state index is 0.0458. The zero-order valence-corrected chi connectivity index (χ0v) is 11.8. The van der Waals surface area contributed by atoms with Gasteiger partial charge >= 0.3 is 0 Å². The van der Waals surface area contributed by atoms with Crippen molar-refractivity contribution in [2.45, 2.75) is 12.8 Å². The highest BCUT2D eigenvalue weighted by Crippen LogP contribution is 2.37. The number of halogens is 1. The van der Waals surface area contributed by atoms with E-state index in [-0.39, 0.29) is 23.7 Å². The lowest BCUT2D eigenvalue weighted by molar-refractivity contribution is -0.122. The molecular formula is C14H12INO2. The predicted octanol–water partition coefficient (Wildman–Crippen LogP) is 2.75. The summed E-state index contributed by atoms with van der Waals surface area (Å²) in [6.07, 6.45) is 5.39. The summed E-state index contributed by atoms with van der Waals surface area (Å²) >= 11 is 2.20. The molecule has 4 heteroatoms. The normalized spacial score (nSPS) is 26.6. The molecule has 1 aromatic rings. The van der Waals surface area contributed by atoms with E-state index in [9.17, 15) is 9.59 Å². The molecule has 1 saturated heterocycles. The number of rotatable bonds is 1. The Balaban J connectivity index is 1.96. The van der Waals surface area contributed by atoms with Gasteiger partial charge in [0.05, 0.1) is 17.5 Å². The molecule has 18 heavy (non-hydrogen) atoms. The molecule has 2 aliphatic rings. The summed E-state index contributed by atoms with van der Waals surface area (Å²) in [4.78, 5) is 26.0. The molecule has 0 aromatic heterocycles. The van der Waals surface area contributed by atoms with E-state index in [1.54, 1.807) is 0 Å². The zero-order chi connectivity index (χ0) is 12.7. The maximum absolute atomic E-state index is 12.3. The number of hydrogen-bond donors (Lipinski definition) is 0. The second-order valence-electron chi connectivity index (χ2n) is 4.64. The molecule has 3 nitrogen and oxygen atoms in total. The number of benzene rings is 1. The number of allylic oxidation sites excluding steroid dienone is 2. The lowest BCUT2D eigenvalue weighted by atomic mass is 9.85. The fraction of sp³-hybridized carbons (Fsp3) is 0.286. The average Bonchev–Trinajstić information content (AvgIpc) is 2.64. The molecule has 0 unspecified atom stereocenters. The number of hydrogen-bond acceptors (Lipinski definition) is 2. The Morgan fingerprint density at radius 2 is 1.44 bits per heavy atom. The summed E-state index contributed by atoms with van der Waals surface area (Å²) in [6, 6.07) is 7.50. The van der Waals surface area contributed by atoms with E-state index in [0.717, 1.165) is 3.57 Å². The van der Waals surface area contributed by atoms with Crippen molar-refractivity contribution in [2.75, 3.05) is 4.90 Å². The van der Waals surface area contributed by atoms with Gasteiger partial charge < -0.3 is 0 Å². The Kier molecular flexibility index (Phi) is 2.97. The maximum Gasteiger partial charge on any atom is 0.238 e. The first kappa shape index (κ1) is 11.9. The summed E-state index contributed by atoms with van der Waals surface area (Å²) in [5.41, 5.74) is 0.694. The summed E-state index contributed by atoms with van der Waals surface area (Å²) in [5, 5.41) is 0. The van der Waals surface area contributed by atoms with Gasteiger partial charge in [-0.1, -0.05) is 12.2 Å². The number of nitrogens with zero attached hydrogens (tertiary/aromatic N) is 1. The largest absolute Gasteiger partial charge is 0.274 e. The number of imide groups is 1. The highest BCUT2D eigenvalue weighted by Gasteiger charge is 2.47. The van der Waals surface area contributed by atoms with Crippen molar-refractivity contribution < 1.29 is 9.59 Å². The summed E-state index contributed by atoms with van der Waals surface area (Å²) < 4.78 is 1.09. The zero-order valence-electron chi connectivity index (χ0n) is 9.67. The van der Waals surface area contributed by atoms with Gasteiger partial charge in [0.15, 0.2) is 0 Å². The van der Waals surface area contributed by atoms with Crippen LogP contribution in [0.5, 0.6) is 0 Å². The van der Waals surface area contributed by atoms with Crippen molar-refractivity contribution in [3.05, 3.63) is 40.0 Å². The quantitative estimate of drug-likeness (QED) is 0.442. The van der Waals surface area contributed by atoms with Crippen LogP contribution in [0.25, 0.3) is 0 Å². The Hall–Kier alpha value is -1.17. The van der Waals surface area contributed by atoms with E-state index in [4.69, 9.17) is 0 Å². The monoisotopic (exact) mass is 353 g/mol. The van der Waals surface area contributed by atoms with Crippen LogP contribution in [0.4, 0.5) is 5.69 Å². The maximum atomic E-state index is 12.3. The topological polar surface area (TPSA) is 37.4 Å². The Morgan fingerprint density at radius 3 is 1.94 bits per heavy atom. The van der Waals surface area contributed by atoms with Crippen LogP contribution in [0.1, 0.15) is 12.8 Å². The summed E-state index contributed by atoms with van der Waals surface area (Å²) in [7, 11) is 0. The lowest BCUT2D eigenvalue weighted by Crippen LogP contribution is -2.30. The fourth-order valence-electron chi connectivity index (χ4n) is 2.64. The molecule has 1 aliphatic heterocycles. The minimum atomic E-state index is -0.151. The molecule has 92 valence electrons. The van der Waals surface area contributed by atoms with Gasteiger partial charge in [-0.2, -0.15) is 0 Å². The van der Waals surface area contributed by atoms with Crippen LogP contribution in [0.2, 0.25) is 0 Å². The van der Waals surface area contributed by atoms with Crippen molar-refractivity contribution in [3.63, 3.8) is 0 Å². The molecule has 1 aliphatic carbocycles. The number of fused-ring (bicyclic) bond motifs is 1. The smallest absolute Gasteiger partial charge is 0.238 e.